The van der Waals surface area contributed by atoms with E-state index in [9.17, 15) is 9.18 Å². The molecule has 0 radical (unpaired) electrons. The Balaban J connectivity index is 1.92. The highest BCUT2D eigenvalue weighted by molar-refractivity contribution is 6.02. The number of ketones is 1. The van der Waals surface area contributed by atoms with Crippen molar-refractivity contribution in [1.29, 1.82) is 0 Å². The van der Waals surface area contributed by atoms with E-state index in [-0.39, 0.29) is 23.2 Å². The molecule has 0 saturated carbocycles. The summed E-state index contributed by atoms with van der Waals surface area (Å²) in [5, 5.41) is 0. The number of aryl methyl sites for hydroxylation is 2. The molecule has 1 unspecified atom stereocenters. The number of benzene rings is 1. The fourth-order valence-electron chi connectivity index (χ4n) is 3.26. The van der Waals surface area contributed by atoms with Gasteiger partial charge < -0.3 is 0 Å². The first-order chi connectivity index (χ1) is 9.06. The van der Waals surface area contributed by atoms with Crippen LogP contribution in [-0.4, -0.2) is 54.3 Å². The van der Waals surface area contributed by atoms with E-state index in [4.69, 9.17) is 0 Å². The third-order valence-corrected chi connectivity index (χ3v) is 4.26. The normalized spacial score (nSPS) is 29.5. The lowest BCUT2D eigenvalue weighted by Gasteiger charge is -2.46. The Bertz CT molecular complexity index is 498. The molecule has 3 aliphatic rings. The second-order valence-corrected chi connectivity index (χ2v) is 5.66. The molecule has 0 amide bonds. The van der Waals surface area contributed by atoms with Gasteiger partial charge >= 0.3 is 0 Å². The third-order valence-electron chi connectivity index (χ3n) is 4.26. The molecule has 19 heavy (non-hydrogen) atoms. The highest BCUT2D eigenvalue weighted by atomic mass is 19.1. The molecule has 3 saturated heterocycles. The van der Waals surface area contributed by atoms with E-state index < -0.39 is 0 Å². The van der Waals surface area contributed by atoms with Gasteiger partial charge in [0.15, 0.2) is 5.78 Å². The number of carbonyl (C=O) groups is 1. The molecule has 3 fully saturated rings. The molecule has 1 aromatic carbocycles. The third kappa shape index (κ3) is 2.19. The number of nitrogens with zero attached hydrogens (tertiary/aromatic N) is 2. The summed E-state index contributed by atoms with van der Waals surface area (Å²) in [7, 11) is 0. The first-order valence-electron chi connectivity index (χ1n) is 6.83. The molecule has 1 atom stereocenters. The summed E-state index contributed by atoms with van der Waals surface area (Å²) in [5.41, 5.74) is 1.89. The standard InChI is InChI=1S/C15H19FN2O/c1-10-7-11(2)14(12(16)8-10)15(19)13-9-17-3-5-18(13)6-4-17/h7-8,13H,3-6,9H2,1-2H3. The molecule has 3 aliphatic heterocycles. The van der Waals surface area contributed by atoms with Crippen molar-refractivity contribution in [3.8, 4) is 0 Å². The van der Waals surface area contributed by atoms with Crippen LogP contribution in [0.3, 0.4) is 0 Å². The van der Waals surface area contributed by atoms with Crippen LogP contribution in [0.1, 0.15) is 21.5 Å². The Labute approximate surface area is 113 Å². The lowest BCUT2D eigenvalue weighted by Crippen LogP contribution is -2.63. The van der Waals surface area contributed by atoms with Gasteiger partial charge in [0.05, 0.1) is 11.6 Å². The number of fused-ring (bicyclic) bond motifs is 3. The molecule has 1 aromatic rings. The van der Waals surface area contributed by atoms with Crippen LogP contribution in [0.4, 0.5) is 4.39 Å². The van der Waals surface area contributed by atoms with Crippen molar-refractivity contribution in [1.82, 2.24) is 9.80 Å². The van der Waals surface area contributed by atoms with E-state index in [0.717, 1.165) is 43.9 Å². The van der Waals surface area contributed by atoms with Gasteiger partial charge in [-0.3, -0.25) is 14.6 Å². The summed E-state index contributed by atoms with van der Waals surface area (Å²) in [6, 6.07) is 3.17. The second kappa shape index (κ2) is 4.69. The first-order valence-corrected chi connectivity index (χ1v) is 6.83. The Hall–Kier alpha value is -1.26. The molecule has 2 bridgehead atoms. The number of rotatable bonds is 2. The number of piperazine rings is 3. The van der Waals surface area contributed by atoms with Crippen LogP contribution < -0.4 is 0 Å². The summed E-state index contributed by atoms with van der Waals surface area (Å²) in [4.78, 5) is 17.1. The molecular formula is C15H19FN2O. The van der Waals surface area contributed by atoms with Gasteiger partial charge in [0.2, 0.25) is 0 Å². The van der Waals surface area contributed by atoms with Crippen molar-refractivity contribution >= 4 is 5.78 Å². The molecule has 4 rings (SSSR count). The number of Topliss-reactive ketones (excluding diaryl/α,β-unsaturated/α-hetero) is 1. The zero-order chi connectivity index (χ0) is 13.6. The molecule has 3 nitrogen and oxygen atoms in total. The van der Waals surface area contributed by atoms with Gasteiger partial charge in [-0.1, -0.05) is 6.07 Å². The molecule has 0 aliphatic carbocycles. The highest BCUT2D eigenvalue weighted by Crippen LogP contribution is 2.23. The number of carbonyl (C=O) groups excluding carboxylic acids is 1. The minimum atomic E-state index is -0.375. The molecule has 0 spiro atoms. The Morgan fingerprint density at radius 3 is 2.42 bits per heavy atom. The van der Waals surface area contributed by atoms with Gasteiger partial charge in [-0.25, -0.2) is 4.39 Å². The summed E-state index contributed by atoms with van der Waals surface area (Å²) in [6.45, 7) is 8.30. The highest BCUT2D eigenvalue weighted by Gasteiger charge is 2.37. The monoisotopic (exact) mass is 262 g/mol. The van der Waals surface area contributed by atoms with Gasteiger partial charge in [-0.2, -0.15) is 0 Å². The predicted octanol–water partition coefficient (Wildman–Crippen LogP) is 1.63. The number of hydrogen-bond acceptors (Lipinski definition) is 3. The number of halogens is 1. The maximum Gasteiger partial charge on any atom is 0.184 e. The summed E-state index contributed by atoms with van der Waals surface area (Å²) in [5.74, 6) is -0.431. The Morgan fingerprint density at radius 2 is 1.89 bits per heavy atom. The van der Waals surface area contributed by atoms with Crippen LogP contribution in [0, 0.1) is 19.7 Å². The van der Waals surface area contributed by atoms with Gasteiger partial charge in [0, 0.05) is 32.7 Å². The summed E-state index contributed by atoms with van der Waals surface area (Å²) >= 11 is 0. The maximum absolute atomic E-state index is 14.1. The average Bonchev–Trinajstić information content (AvgIpc) is 2.38. The van der Waals surface area contributed by atoms with E-state index in [1.807, 2.05) is 19.9 Å². The largest absolute Gasteiger partial charge is 0.299 e. The lowest BCUT2D eigenvalue weighted by atomic mass is 9.94. The zero-order valence-electron chi connectivity index (χ0n) is 11.4. The fraction of sp³-hybridized carbons (Fsp3) is 0.533. The molecular weight excluding hydrogens is 243 g/mol. The van der Waals surface area contributed by atoms with Gasteiger partial charge in [0.25, 0.3) is 0 Å². The van der Waals surface area contributed by atoms with Crippen LogP contribution in [0.5, 0.6) is 0 Å². The molecule has 102 valence electrons. The summed E-state index contributed by atoms with van der Waals surface area (Å²) in [6.07, 6.45) is 0. The van der Waals surface area contributed by atoms with Crippen molar-refractivity contribution in [3.05, 3.63) is 34.6 Å². The van der Waals surface area contributed by atoms with Crippen molar-refractivity contribution in [2.24, 2.45) is 0 Å². The van der Waals surface area contributed by atoms with Crippen LogP contribution in [0.2, 0.25) is 0 Å². The lowest BCUT2D eigenvalue weighted by molar-refractivity contribution is 0.0157. The molecule has 0 aromatic heterocycles. The Kier molecular flexibility index (Phi) is 3.15. The average molecular weight is 262 g/mol. The predicted molar refractivity (Wildman–Crippen MR) is 72.0 cm³/mol. The van der Waals surface area contributed by atoms with Crippen molar-refractivity contribution in [2.45, 2.75) is 19.9 Å². The molecule has 3 heterocycles. The summed E-state index contributed by atoms with van der Waals surface area (Å²) < 4.78 is 14.1. The van der Waals surface area contributed by atoms with Crippen molar-refractivity contribution < 1.29 is 9.18 Å². The van der Waals surface area contributed by atoms with E-state index in [1.165, 1.54) is 6.07 Å². The van der Waals surface area contributed by atoms with E-state index in [2.05, 4.69) is 9.80 Å². The van der Waals surface area contributed by atoms with Gasteiger partial charge in [0.1, 0.15) is 5.82 Å². The topological polar surface area (TPSA) is 23.6 Å². The second-order valence-electron chi connectivity index (χ2n) is 5.66. The van der Waals surface area contributed by atoms with E-state index >= 15 is 0 Å². The maximum atomic E-state index is 14.1. The van der Waals surface area contributed by atoms with Gasteiger partial charge in [-0.15, -0.1) is 0 Å². The van der Waals surface area contributed by atoms with E-state index in [1.54, 1.807) is 0 Å². The fourth-order valence-corrected chi connectivity index (χ4v) is 3.26. The quantitative estimate of drug-likeness (QED) is 0.757. The number of hydrogen-bond donors (Lipinski definition) is 0. The van der Waals surface area contributed by atoms with Gasteiger partial charge in [-0.05, 0) is 31.0 Å². The Morgan fingerprint density at radius 1 is 1.21 bits per heavy atom. The van der Waals surface area contributed by atoms with Crippen LogP contribution in [-0.2, 0) is 0 Å². The van der Waals surface area contributed by atoms with Crippen LogP contribution >= 0.6 is 0 Å². The smallest absolute Gasteiger partial charge is 0.184 e. The van der Waals surface area contributed by atoms with E-state index in [0.29, 0.717) is 0 Å². The SMILES string of the molecule is Cc1cc(C)c(C(=O)C2CN3CCN2CC3)c(F)c1. The molecule has 4 heteroatoms. The zero-order valence-corrected chi connectivity index (χ0v) is 11.4. The first kappa shape index (κ1) is 12.8. The van der Waals surface area contributed by atoms with Crippen LogP contribution in [0.15, 0.2) is 12.1 Å². The minimum absolute atomic E-state index is 0.0561. The van der Waals surface area contributed by atoms with Crippen molar-refractivity contribution in [3.63, 3.8) is 0 Å². The minimum Gasteiger partial charge on any atom is -0.299 e. The van der Waals surface area contributed by atoms with Crippen molar-refractivity contribution in [2.75, 3.05) is 32.7 Å². The molecule has 0 N–H and O–H groups in total. The van der Waals surface area contributed by atoms with Crippen LogP contribution in [0.25, 0.3) is 0 Å².